The van der Waals surface area contributed by atoms with Crippen molar-refractivity contribution in [3.8, 4) is 0 Å². The van der Waals surface area contributed by atoms with E-state index in [1.165, 1.54) is 4.90 Å². The highest BCUT2D eigenvalue weighted by atomic mass is 16.4. The van der Waals surface area contributed by atoms with Crippen molar-refractivity contribution in [3.05, 3.63) is 36.5 Å². The molecule has 0 spiro atoms. The molecule has 0 radical (unpaired) electrons. The van der Waals surface area contributed by atoms with Crippen molar-refractivity contribution in [3.63, 3.8) is 0 Å². The maximum absolute atomic E-state index is 12.1. The number of carboxylic acid groups (broad SMARTS) is 1. The molecule has 0 atom stereocenters. The van der Waals surface area contributed by atoms with E-state index >= 15 is 0 Å². The minimum Gasteiger partial charge on any atom is -0.480 e. The molecule has 20 heavy (non-hydrogen) atoms. The van der Waals surface area contributed by atoms with Crippen LogP contribution in [0.3, 0.4) is 0 Å². The Balaban J connectivity index is 2.23. The Hall–Kier alpha value is -2.63. The first kappa shape index (κ1) is 13.8. The molecule has 0 saturated carbocycles. The first-order valence-corrected chi connectivity index (χ1v) is 6.23. The van der Waals surface area contributed by atoms with Gasteiger partial charge in [-0.2, -0.15) is 0 Å². The van der Waals surface area contributed by atoms with E-state index < -0.39 is 12.0 Å². The van der Waals surface area contributed by atoms with Gasteiger partial charge in [-0.05, 0) is 31.2 Å². The number of fused-ring (bicyclic) bond motifs is 1. The topological polar surface area (TPSA) is 82.5 Å². The summed E-state index contributed by atoms with van der Waals surface area (Å²) in [5.41, 5.74) is 1.39. The van der Waals surface area contributed by atoms with Crippen LogP contribution in [0.1, 0.15) is 6.92 Å². The predicted molar refractivity (Wildman–Crippen MR) is 75.6 cm³/mol. The molecule has 0 saturated heterocycles. The van der Waals surface area contributed by atoms with Crippen molar-refractivity contribution in [1.82, 2.24) is 9.88 Å². The van der Waals surface area contributed by atoms with Gasteiger partial charge >= 0.3 is 12.0 Å². The van der Waals surface area contributed by atoms with Gasteiger partial charge in [0.25, 0.3) is 0 Å². The molecule has 6 nitrogen and oxygen atoms in total. The summed E-state index contributed by atoms with van der Waals surface area (Å²) in [6.45, 7) is 1.72. The van der Waals surface area contributed by atoms with Crippen LogP contribution in [0.5, 0.6) is 0 Å². The van der Waals surface area contributed by atoms with Crippen molar-refractivity contribution in [2.24, 2.45) is 0 Å². The quantitative estimate of drug-likeness (QED) is 0.894. The third-order valence-electron chi connectivity index (χ3n) is 2.88. The van der Waals surface area contributed by atoms with Crippen LogP contribution in [0.4, 0.5) is 10.5 Å². The van der Waals surface area contributed by atoms with E-state index in [-0.39, 0.29) is 6.54 Å². The number of amides is 2. The second-order valence-electron chi connectivity index (χ2n) is 4.21. The lowest BCUT2D eigenvalue weighted by molar-refractivity contribution is -0.137. The van der Waals surface area contributed by atoms with E-state index in [0.717, 1.165) is 10.9 Å². The number of benzene rings is 1. The van der Waals surface area contributed by atoms with E-state index in [2.05, 4.69) is 10.3 Å². The van der Waals surface area contributed by atoms with Gasteiger partial charge in [0.2, 0.25) is 0 Å². The summed E-state index contributed by atoms with van der Waals surface area (Å²) < 4.78 is 0. The summed E-state index contributed by atoms with van der Waals surface area (Å²) in [5.74, 6) is -1.04. The predicted octanol–water partition coefficient (Wildman–Crippen LogP) is 2.17. The van der Waals surface area contributed by atoms with Crippen LogP contribution in [0.2, 0.25) is 0 Å². The Labute approximate surface area is 116 Å². The Morgan fingerprint density at radius 2 is 2.10 bits per heavy atom. The van der Waals surface area contributed by atoms with Gasteiger partial charge in [-0.1, -0.05) is 6.07 Å². The number of likely N-dealkylation sites (N-methyl/N-ethyl adjacent to an activating group) is 1. The molecule has 0 bridgehead atoms. The lowest BCUT2D eigenvalue weighted by Crippen LogP contribution is -2.38. The molecule has 1 aromatic carbocycles. The molecule has 1 heterocycles. The average Bonchev–Trinajstić information content (AvgIpc) is 2.45. The average molecular weight is 273 g/mol. The van der Waals surface area contributed by atoms with Gasteiger partial charge in [0.05, 0.1) is 11.2 Å². The molecule has 2 amide bonds. The molecule has 104 valence electrons. The molecule has 0 fully saturated rings. The van der Waals surface area contributed by atoms with Gasteiger partial charge in [-0.3, -0.25) is 9.78 Å². The van der Waals surface area contributed by atoms with E-state index in [1.807, 2.05) is 12.1 Å². The number of aromatic nitrogens is 1. The van der Waals surface area contributed by atoms with Crippen molar-refractivity contribution >= 4 is 28.6 Å². The Bertz CT molecular complexity index is 637. The number of anilines is 1. The summed E-state index contributed by atoms with van der Waals surface area (Å²) >= 11 is 0. The molecule has 2 rings (SSSR count). The van der Waals surface area contributed by atoms with Crippen LogP contribution < -0.4 is 5.32 Å². The van der Waals surface area contributed by atoms with Crippen molar-refractivity contribution in [1.29, 1.82) is 0 Å². The van der Waals surface area contributed by atoms with Crippen LogP contribution in [0.15, 0.2) is 36.5 Å². The molecule has 6 heteroatoms. The maximum atomic E-state index is 12.1. The second-order valence-corrected chi connectivity index (χ2v) is 4.21. The highest BCUT2D eigenvalue weighted by molar-refractivity contribution is 6.00. The van der Waals surface area contributed by atoms with Crippen molar-refractivity contribution in [2.75, 3.05) is 18.4 Å². The molecular weight excluding hydrogens is 258 g/mol. The van der Waals surface area contributed by atoms with Crippen LogP contribution >= 0.6 is 0 Å². The van der Waals surface area contributed by atoms with Gasteiger partial charge in [0, 0.05) is 18.1 Å². The van der Waals surface area contributed by atoms with Crippen LogP contribution in [0, 0.1) is 0 Å². The molecule has 0 aliphatic heterocycles. The fourth-order valence-corrected chi connectivity index (χ4v) is 1.90. The zero-order valence-electron chi connectivity index (χ0n) is 11.0. The third-order valence-corrected chi connectivity index (χ3v) is 2.88. The summed E-state index contributed by atoms with van der Waals surface area (Å²) in [5, 5.41) is 12.3. The lowest BCUT2D eigenvalue weighted by atomic mass is 10.2. The van der Waals surface area contributed by atoms with Gasteiger partial charge in [0.1, 0.15) is 6.54 Å². The minimum atomic E-state index is -1.04. The monoisotopic (exact) mass is 273 g/mol. The van der Waals surface area contributed by atoms with E-state index in [4.69, 9.17) is 5.11 Å². The molecule has 2 aromatic rings. The first-order valence-electron chi connectivity index (χ1n) is 6.23. The minimum absolute atomic E-state index is 0.321. The van der Waals surface area contributed by atoms with Gasteiger partial charge < -0.3 is 15.3 Å². The summed E-state index contributed by atoms with van der Waals surface area (Å²) in [6.07, 6.45) is 1.68. The number of pyridine rings is 1. The number of aliphatic carboxylic acids is 1. The number of urea groups is 1. The molecule has 0 unspecified atom stereocenters. The van der Waals surface area contributed by atoms with Crippen molar-refractivity contribution in [2.45, 2.75) is 6.92 Å². The zero-order valence-corrected chi connectivity index (χ0v) is 11.0. The van der Waals surface area contributed by atoms with E-state index in [0.29, 0.717) is 12.2 Å². The lowest BCUT2D eigenvalue weighted by Gasteiger charge is -2.19. The molecular formula is C14H15N3O3. The molecule has 1 aromatic heterocycles. The largest absolute Gasteiger partial charge is 0.480 e. The maximum Gasteiger partial charge on any atom is 0.323 e. The number of hydrogen-bond donors (Lipinski definition) is 2. The highest BCUT2D eigenvalue weighted by Gasteiger charge is 2.15. The van der Waals surface area contributed by atoms with Gasteiger partial charge in [-0.25, -0.2) is 4.79 Å². The zero-order chi connectivity index (χ0) is 14.5. The second kappa shape index (κ2) is 6.01. The number of carbonyl (C=O) groups is 2. The van der Waals surface area contributed by atoms with Crippen LogP contribution in [-0.4, -0.2) is 40.1 Å². The number of rotatable bonds is 4. The highest BCUT2D eigenvalue weighted by Crippen LogP contribution is 2.21. The summed E-state index contributed by atoms with van der Waals surface area (Å²) in [6, 6.07) is 8.60. The Kier molecular flexibility index (Phi) is 4.14. The first-order chi connectivity index (χ1) is 9.61. The van der Waals surface area contributed by atoms with Gasteiger partial charge in [-0.15, -0.1) is 0 Å². The number of hydrogen-bond acceptors (Lipinski definition) is 3. The number of nitrogens with one attached hydrogen (secondary N) is 1. The Morgan fingerprint density at radius 1 is 1.30 bits per heavy atom. The number of carbonyl (C=O) groups excluding carboxylic acids is 1. The standard InChI is InChI=1S/C14H15N3O3/c1-2-17(9-13(18)19)14(20)16-12-7-3-6-11-10(12)5-4-8-15-11/h3-8H,2,9H2,1H3,(H,16,20)(H,18,19). The Morgan fingerprint density at radius 3 is 2.80 bits per heavy atom. The third kappa shape index (κ3) is 3.03. The summed E-state index contributed by atoms with van der Waals surface area (Å²) in [4.78, 5) is 28.2. The van der Waals surface area contributed by atoms with Gasteiger partial charge in [0.15, 0.2) is 0 Å². The smallest absolute Gasteiger partial charge is 0.323 e. The number of nitrogens with zero attached hydrogens (tertiary/aromatic N) is 2. The van der Waals surface area contributed by atoms with Crippen LogP contribution in [-0.2, 0) is 4.79 Å². The summed E-state index contributed by atoms with van der Waals surface area (Å²) in [7, 11) is 0. The van der Waals surface area contributed by atoms with Crippen LogP contribution in [0.25, 0.3) is 10.9 Å². The molecule has 0 aliphatic rings. The fourth-order valence-electron chi connectivity index (χ4n) is 1.90. The van der Waals surface area contributed by atoms with Crippen molar-refractivity contribution < 1.29 is 14.7 Å². The van der Waals surface area contributed by atoms with E-state index in [1.54, 1.807) is 31.3 Å². The molecule has 2 N–H and O–H groups in total. The van der Waals surface area contributed by atoms with E-state index in [9.17, 15) is 9.59 Å². The molecule has 0 aliphatic carbocycles. The number of carboxylic acids is 1. The SMILES string of the molecule is CCN(CC(=O)O)C(=O)Nc1cccc2ncccc12. The normalized spacial score (nSPS) is 10.2. The fraction of sp³-hybridized carbons (Fsp3) is 0.214.